The van der Waals surface area contributed by atoms with Crippen molar-refractivity contribution in [3.8, 4) is 0 Å². The van der Waals surface area contributed by atoms with Crippen molar-refractivity contribution in [2.45, 2.75) is 31.8 Å². The summed E-state index contributed by atoms with van der Waals surface area (Å²) in [5, 5.41) is 21.5. The summed E-state index contributed by atoms with van der Waals surface area (Å²) in [5.41, 5.74) is -0.209. The first-order valence-electron chi connectivity index (χ1n) is 6.74. The third-order valence-electron chi connectivity index (χ3n) is 3.65. The molecule has 1 fully saturated rings. The lowest BCUT2D eigenvalue weighted by atomic mass is 9.86. The number of nitrogens with one attached hydrogen (secondary N) is 1. The zero-order valence-electron chi connectivity index (χ0n) is 11.1. The molecule has 0 spiro atoms. The highest BCUT2D eigenvalue weighted by molar-refractivity contribution is 6.03. The minimum atomic E-state index is -1.18. The molecule has 0 saturated heterocycles. The fourth-order valence-corrected chi connectivity index (χ4v) is 2.49. The van der Waals surface area contributed by atoms with Crippen molar-refractivity contribution in [1.82, 2.24) is 10.3 Å². The van der Waals surface area contributed by atoms with E-state index in [1.54, 1.807) is 0 Å². The largest absolute Gasteiger partial charge is 0.478 e. The molecule has 1 aromatic rings. The highest BCUT2D eigenvalue weighted by Crippen LogP contribution is 2.23. The average Bonchev–Trinajstić information content (AvgIpc) is 2.46. The van der Waals surface area contributed by atoms with Gasteiger partial charge in [-0.2, -0.15) is 0 Å². The molecule has 1 heterocycles. The summed E-state index contributed by atoms with van der Waals surface area (Å²) in [6.45, 7) is 0.343. The lowest BCUT2D eigenvalue weighted by molar-refractivity contribution is 0.0648. The number of nitrogens with zero attached hydrogens (tertiary/aromatic N) is 1. The van der Waals surface area contributed by atoms with Crippen molar-refractivity contribution in [3.63, 3.8) is 0 Å². The number of aromatic nitrogens is 1. The minimum absolute atomic E-state index is 0.0321. The van der Waals surface area contributed by atoms with Crippen LogP contribution < -0.4 is 5.32 Å². The van der Waals surface area contributed by atoms with Crippen LogP contribution in [0.25, 0.3) is 0 Å². The second-order valence-corrected chi connectivity index (χ2v) is 5.03. The molecule has 0 bridgehead atoms. The lowest BCUT2D eigenvalue weighted by Crippen LogP contribution is -2.37. The van der Waals surface area contributed by atoms with Gasteiger partial charge in [-0.05, 0) is 25.0 Å². The Morgan fingerprint density at radius 2 is 2.10 bits per heavy atom. The number of pyridine rings is 1. The van der Waals surface area contributed by atoms with Crippen LogP contribution in [0.2, 0.25) is 0 Å². The van der Waals surface area contributed by atoms with E-state index in [1.807, 2.05) is 0 Å². The number of amides is 1. The molecule has 108 valence electrons. The smallest absolute Gasteiger partial charge is 0.338 e. The number of aliphatic hydroxyl groups is 1. The van der Waals surface area contributed by atoms with Gasteiger partial charge >= 0.3 is 5.97 Å². The molecule has 2 unspecified atom stereocenters. The van der Waals surface area contributed by atoms with Crippen LogP contribution in [0.15, 0.2) is 18.3 Å². The van der Waals surface area contributed by atoms with E-state index in [1.165, 1.54) is 18.3 Å². The molecule has 1 amide bonds. The van der Waals surface area contributed by atoms with Crippen molar-refractivity contribution < 1.29 is 19.8 Å². The van der Waals surface area contributed by atoms with Gasteiger partial charge in [0.25, 0.3) is 5.91 Å². The zero-order chi connectivity index (χ0) is 14.5. The second kappa shape index (κ2) is 6.47. The Morgan fingerprint density at radius 1 is 1.35 bits per heavy atom. The van der Waals surface area contributed by atoms with Gasteiger partial charge in [-0.3, -0.25) is 9.78 Å². The molecule has 1 aliphatic rings. The van der Waals surface area contributed by atoms with Crippen LogP contribution in [0.4, 0.5) is 0 Å². The third kappa shape index (κ3) is 3.33. The molecular formula is C14H18N2O4. The summed E-state index contributed by atoms with van der Waals surface area (Å²) in [4.78, 5) is 26.9. The van der Waals surface area contributed by atoms with Crippen LogP contribution in [-0.2, 0) is 0 Å². The maximum absolute atomic E-state index is 12.0. The van der Waals surface area contributed by atoms with Crippen molar-refractivity contribution >= 4 is 11.9 Å². The van der Waals surface area contributed by atoms with Crippen molar-refractivity contribution in [2.24, 2.45) is 5.92 Å². The van der Waals surface area contributed by atoms with Gasteiger partial charge < -0.3 is 15.5 Å². The van der Waals surface area contributed by atoms with E-state index in [2.05, 4.69) is 10.3 Å². The van der Waals surface area contributed by atoms with Gasteiger partial charge in [-0.25, -0.2) is 4.79 Å². The zero-order valence-corrected chi connectivity index (χ0v) is 11.1. The fourth-order valence-electron chi connectivity index (χ4n) is 2.49. The van der Waals surface area contributed by atoms with Crippen molar-refractivity contribution in [3.05, 3.63) is 29.6 Å². The van der Waals surface area contributed by atoms with Gasteiger partial charge in [0.05, 0.1) is 11.7 Å². The Labute approximate surface area is 116 Å². The summed E-state index contributed by atoms with van der Waals surface area (Å²) in [5.74, 6) is -1.66. The van der Waals surface area contributed by atoms with E-state index in [4.69, 9.17) is 5.11 Å². The molecule has 6 nitrogen and oxygen atoms in total. The van der Waals surface area contributed by atoms with Gasteiger partial charge in [0.1, 0.15) is 5.69 Å². The minimum Gasteiger partial charge on any atom is -0.478 e. The van der Waals surface area contributed by atoms with Crippen LogP contribution in [0, 0.1) is 5.92 Å². The highest BCUT2D eigenvalue weighted by atomic mass is 16.4. The molecule has 1 aromatic heterocycles. The predicted molar refractivity (Wildman–Crippen MR) is 71.5 cm³/mol. The van der Waals surface area contributed by atoms with E-state index < -0.39 is 18.0 Å². The molecule has 3 N–H and O–H groups in total. The number of carboxylic acids is 1. The number of carboxylic acid groups (broad SMARTS) is 1. The molecule has 2 atom stereocenters. The normalized spacial score (nSPS) is 22.2. The molecule has 20 heavy (non-hydrogen) atoms. The summed E-state index contributed by atoms with van der Waals surface area (Å²) in [7, 11) is 0. The molecule has 1 saturated carbocycles. The fraction of sp³-hybridized carbons (Fsp3) is 0.500. The first-order valence-corrected chi connectivity index (χ1v) is 6.74. The van der Waals surface area contributed by atoms with Gasteiger partial charge in [0, 0.05) is 18.7 Å². The number of carbonyl (C=O) groups excluding carboxylic acids is 1. The monoisotopic (exact) mass is 278 g/mol. The number of carbonyl (C=O) groups is 2. The SMILES string of the molecule is O=C(O)c1cccnc1C(=O)NCC1CCCCC1O. The van der Waals surface area contributed by atoms with Crippen LogP contribution in [0.3, 0.4) is 0 Å². The third-order valence-corrected chi connectivity index (χ3v) is 3.65. The quantitative estimate of drug-likeness (QED) is 0.764. The first-order chi connectivity index (χ1) is 9.59. The van der Waals surface area contributed by atoms with Gasteiger partial charge in [0.15, 0.2) is 0 Å². The summed E-state index contributed by atoms with van der Waals surface area (Å²) >= 11 is 0. The van der Waals surface area contributed by atoms with E-state index >= 15 is 0 Å². The predicted octanol–water partition coefficient (Wildman–Crippen LogP) is 1.06. The molecule has 0 radical (unpaired) electrons. The maximum Gasteiger partial charge on any atom is 0.338 e. The standard InChI is InChI=1S/C14H18N2O4/c17-11-6-2-1-4-9(11)8-16-13(18)12-10(14(19)20)5-3-7-15-12/h3,5,7,9,11,17H,1-2,4,6,8H2,(H,16,18)(H,19,20). The molecule has 1 aliphatic carbocycles. The Balaban J connectivity index is 2.00. The van der Waals surface area contributed by atoms with Gasteiger partial charge in [-0.1, -0.05) is 12.8 Å². The van der Waals surface area contributed by atoms with Crippen molar-refractivity contribution in [1.29, 1.82) is 0 Å². The molecule has 2 rings (SSSR count). The Hall–Kier alpha value is -1.95. The number of hydrogen-bond acceptors (Lipinski definition) is 4. The number of aromatic carboxylic acids is 1. The van der Waals surface area contributed by atoms with E-state index in [0.717, 1.165) is 25.7 Å². The summed E-state index contributed by atoms with van der Waals surface area (Å²) in [6.07, 6.45) is 4.67. The Morgan fingerprint density at radius 3 is 2.80 bits per heavy atom. The van der Waals surface area contributed by atoms with Crippen LogP contribution in [0.5, 0.6) is 0 Å². The summed E-state index contributed by atoms with van der Waals surface area (Å²) < 4.78 is 0. The topological polar surface area (TPSA) is 99.5 Å². The average molecular weight is 278 g/mol. The lowest BCUT2D eigenvalue weighted by Gasteiger charge is -2.27. The van der Waals surface area contributed by atoms with Crippen LogP contribution in [-0.4, -0.2) is 39.7 Å². The van der Waals surface area contributed by atoms with Crippen LogP contribution >= 0.6 is 0 Å². The second-order valence-electron chi connectivity index (χ2n) is 5.03. The van der Waals surface area contributed by atoms with Gasteiger partial charge in [0.2, 0.25) is 0 Å². The number of hydrogen-bond donors (Lipinski definition) is 3. The molecule has 6 heteroatoms. The first kappa shape index (κ1) is 14.5. The highest BCUT2D eigenvalue weighted by Gasteiger charge is 2.24. The van der Waals surface area contributed by atoms with E-state index in [-0.39, 0.29) is 17.2 Å². The molecule has 0 aliphatic heterocycles. The Bertz CT molecular complexity index is 504. The molecule has 0 aromatic carbocycles. The van der Waals surface area contributed by atoms with E-state index in [0.29, 0.717) is 6.54 Å². The molecular weight excluding hydrogens is 260 g/mol. The number of aliphatic hydroxyl groups excluding tert-OH is 1. The Kier molecular flexibility index (Phi) is 4.68. The number of rotatable bonds is 4. The maximum atomic E-state index is 12.0. The van der Waals surface area contributed by atoms with Gasteiger partial charge in [-0.15, -0.1) is 0 Å². The van der Waals surface area contributed by atoms with Crippen molar-refractivity contribution in [2.75, 3.05) is 6.54 Å². The van der Waals surface area contributed by atoms with E-state index in [9.17, 15) is 14.7 Å². The van der Waals surface area contributed by atoms with Crippen LogP contribution in [0.1, 0.15) is 46.5 Å². The summed E-state index contributed by atoms with van der Waals surface area (Å²) in [6, 6.07) is 2.82.